The largest absolute Gasteiger partial charge is 0.488 e. The number of carbonyl (C=O) groups excluding carboxylic acids is 1. The standard InChI is InChI=1S/C19H17BrO4/c1-3-22-19(21)18-12(2)24-16-10-15(20)17(9-14(16)18)23-11-13-7-5-4-6-8-13/h4-10H,3,11H2,1-2H3. The molecule has 24 heavy (non-hydrogen) atoms. The molecule has 0 aliphatic rings. The Morgan fingerprint density at radius 1 is 1.21 bits per heavy atom. The molecule has 0 saturated carbocycles. The normalized spacial score (nSPS) is 10.8. The lowest BCUT2D eigenvalue weighted by Crippen LogP contribution is -2.05. The number of aryl methyl sites for hydroxylation is 1. The molecular formula is C19H17BrO4. The molecule has 0 aliphatic carbocycles. The molecule has 0 radical (unpaired) electrons. The Morgan fingerprint density at radius 3 is 2.67 bits per heavy atom. The van der Waals surface area contributed by atoms with Gasteiger partial charge in [-0.1, -0.05) is 30.3 Å². The van der Waals surface area contributed by atoms with E-state index in [9.17, 15) is 4.79 Å². The molecule has 0 spiro atoms. The number of rotatable bonds is 5. The first-order valence-electron chi connectivity index (χ1n) is 7.66. The molecule has 0 unspecified atom stereocenters. The van der Waals surface area contributed by atoms with E-state index in [2.05, 4.69) is 15.9 Å². The van der Waals surface area contributed by atoms with Crippen molar-refractivity contribution < 1.29 is 18.7 Å². The number of hydrogen-bond acceptors (Lipinski definition) is 4. The fraction of sp³-hybridized carbons (Fsp3) is 0.211. The van der Waals surface area contributed by atoms with Gasteiger partial charge in [0.1, 0.15) is 29.3 Å². The average molecular weight is 389 g/mol. The Balaban J connectivity index is 1.95. The van der Waals surface area contributed by atoms with Crippen molar-refractivity contribution in [1.29, 1.82) is 0 Å². The van der Waals surface area contributed by atoms with Gasteiger partial charge >= 0.3 is 5.97 Å². The number of carbonyl (C=O) groups is 1. The molecule has 3 rings (SSSR count). The van der Waals surface area contributed by atoms with Crippen LogP contribution in [0.25, 0.3) is 11.0 Å². The van der Waals surface area contributed by atoms with E-state index in [1.807, 2.05) is 42.5 Å². The number of ether oxygens (including phenoxy) is 2. The third kappa shape index (κ3) is 3.31. The molecule has 2 aromatic carbocycles. The maximum Gasteiger partial charge on any atom is 0.342 e. The van der Waals surface area contributed by atoms with Crippen LogP contribution in [0.2, 0.25) is 0 Å². The van der Waals surface area contributed by atoms with Crippen molar-refractivity contribution in [3.63, 3.8) is 0 Å². The highest BCUT2D eigenvalue weighted by Crippen LogP contribution is 2.35. The molecule has 0 aliphatic heterocycles. The molecule has 3 aromatic rings. The third-order valence-corrected chi connectivity index (χ3v) is 4.25. The van der Waals surface area contributed by atoms with Gasteiger partial charge in [0, 0.05) is 5.39 Å². The number of furan rings is 1. The van der Waals surface area contributed by atoms with Gasteiger partial charge in [0.25, 0.3) is 0 Å². The SMILES string of the molecule is CCOC(=O)c1c(C)oc2cc(Br)c(OCc3ccccc3)cc12. The van der Waals surface area contributed by atoms with Crippen LogP contribution in [-0.4, -0.2) is 12.6 Å². The highest BCUT2D eigenvalue weighted by atomic mass is 79.9. The summed E-state index contributed by atoms with van der Waals surface area (Å²) in [6.07, 6.45) is 0. The second kappa shape index (κ2) is 7.09. The summed E-state index contributed by atoms with van der Waals surface area (Å²) in [6, 6.07) is 13.5. The lowest BCUT2D eigenvalue weighted by Gasteiger charge is -2.09. The van der Waals surface area contributed by atoms with Crippen LogP contribution < -0.4 is 4.74 Å². The fourth-order valence-corrected chi connectivity index (χ4v) is 2.96. The van der Waals surface area contributed by atoms with Crippen molar-refractivity contribution in [2.75, 3.05) is 6.61 Å². The zero-order chi connectivity index (χ0) is 17.1. The van der Waals surface area contributed by atoms with Gasteiger partial charge in [-0.3, -0.25) is 0 Å². The van der Waals surface area contributed by atoms with E-state index in [4.69, 9.17) is 13.9 Å². The van der Waals surface area contributed by atoms with E-state index in [0.29, 0.717) is 41.3 Å². The summed E-state index contributed by atoms with van der Waals surface area (Å²) < 4.78 is 17.5. The van der Waals surface area contributed by atoms with Crippen LogP contribution in [0.4, 0.5) is 0 Å². The lowest BCUT2D eigenvalue weighted by atomic mass is 10.1. The topological polar surface area (TPSA) is 48.7 Å². The molecule has 4 nitrogen and oxygen atoms in total. The van der Waals surface area contributed by atoms with Crippen molar-refractivity contribution in [1.82, 2.24) is 0 Å². The van der Waals surface area contributed by atoms with E-state index >= 15 is 0 Å². The zero-order valence-electron chi connectivity index (χ0n) is 13.5. The van der Waals surface area contributed by atoms with Crippen LogP contribution in [0.3, 0.4) is 0 Å². The molecule has 0 saturated heterocycles. The van der Waals surface area contributed by atoms with Crippen molar-refractivity contribution in [3.05, 3.63) is 63.8 Å². The van der Waals surface area contributed by atoms with E-state index in [-0.39, 0.29) is 5.97 Å². The molecule has 0 fully saturated rings. The van der Waals surface area contributed by atoms with E-state index in [1.165, 1.54) is 0 Å². The summed E-state index contributed by atoms with van der Waals surface area (Å²) in [5.41, 5.74) is 2.14. The first-order chi connectivity index (χ1) is 11.6. The second-order valence-electron chi connectivity index (χ2n) is 5.31. The maximum absolute atomic E-state index is 12.2. The van der Waals surface area contributed by atoms with Gasteiger partial charge in [0.2, 0.25) is 0 Å². The molecule has 0 amide bonds. The second-order valence-corrected chi connectivity index (χ2v) is 6.16. The van der Waals surface area contributed by atoms with E-state index < -0.39 is 0 Å². The average Bonchev–Trinajstić information content (AvgIpc) is 2.88. The van der Waals surface area contributed by atoms with Gasteiger partial charge in [-0.05, 0) is 47.5 Å². The quantitative estimate of drug-likeness (QED) is 0.559. The summed E-state index contributed by atoms with van der Waals surface area (Å²) in [4.78, 5) is 12.2. The summed E-state index contributed by atoms with van der Waals surface area (Å²) in [5.74, 6) is 0.804. The van der Waals surface area contributed by atoms with Gasteiger partial charge < -0.3 is 13.9 Å². The zero-order valence-corrected chi connectivity index (χ0v) is 15.1. The number of benzene rings is 2. The lowest BCUT2D eigenvalue weighted by molar-refractivity contribution is 0.0526. The number of halogens is 1. The minimum absolute atomic E-state index is 0.318. The van der Waals surface area contributed by atoms with Gasteiger partial charge in [-0.2, -0.15) is 0 Å². The predicted molar refractivity (Wildman–Crippen MR) is 95.4 cm³/mol. The van der Waals surface area contributed by atoms with Crippen molar-refractivity contribution in [2.24, 2.45) is 0 Å². The Bertz CT molecular complexity index is 868. The van der Waals surface area contributed by atoms with Crippen molar-refractivity contribution in [3.8, 4) is 5.75 Å². The van der Waals surface area contributed by atoms with E-state index in [1.54, 1.807) is 13.8 Å². The highest BCUT2D eigenvalue weighted by Gasteiger charge is 2.21. The summed E-state index contributed by atoms with van der Waals surface area (Å²) in [5, 5.41) is 0.692. The summed E-state index contributed by atoms with van der Waals surface area (Å²) in [7, 11) is 0. The monoisotopic (exact) mass is 388 g/mol. The molecule has 0 N–H and O–H groups in total. The minimum Gasteiger partial charge on any atom is -0.488 e. The molecule has 0 atom stereocenters. The third-order valence-electron chi connectivity index (χ3n) is 3.64. The van der Waals surface area contributed by atoms with Gasteiger partial charge in [-0.15, -0.1) is 0 Å². The summed E-state index contributed by atoms with van der Waals surface area (Å²) >= 11 is 3.49. The highest BCUT2D eigenvalue weighted by molar-refractivity contribution is 9.10. The number of fused-ring (bicyclic) bond motifs is 1. The smallest absolute Gasteiger partial charge is 0.342 e. The van der Waals surface area contributed by atoms with Crippen LogP contribution in [0.5, 0.6) is 5.75 Å². The Kier molecular flexibility index (Phi) is 4.90. The van der Waals surface area contributed by atoms with Crippen molar-refractivity contribution >= 4 is 32.9 Å². The Morgan fingerprint density at radius 2 is 1.96 bits per heavy atom. The number of esters is 1. The molecule has 1 heterocycles. The van der Waals surface area contributed by atoms with E-state index in [0.717, 1.165) is 10.0 Å². The van der Waals surface area contributed by atoms with Crippen LogP contribution >= 0.6 is 15.9 Å². The predicted octanol–water partition coefficient (Wildman–Crippen LogP) is 5.26. The molecule has 1 aromatic heterocycles. The van der Waals surface area contributed by atoms with Crippen LogP contribution in [0.15, 0.2) is 51.4 Å². The summed E-state index contributed by atoms with van der Waals surface area (Å²) in [6.45, 7) is 4.29. The Hall–Kier alpha value is -2.27. The van der Waals surface area contributed by atoms with Crippen molar-refractivity contribution in [2.45, 2.75) is 20.5 Å². The first-order valence-corrected chi connectivity index (χ1v) is 8.46. The van der Waals surface area contributed by atoms with Gasteiger partial charge in [-0.25, -0.2) is 4.79 Å². The molecule has 5 heteroatoms. The van der Waals surface area contributed by atoms with Gasteiger partial charge in [0.15, 0.2) is 0 Å². The number of hydrogen-bond donors (Lipinski definition) is 0. The fourth-order valence-electron chi connectivity index (χ4n) is 2.52. The molecule has 124 valence electrons. The van der Waals surface area contributed by atoms with Crippen LogP contribution in [0, 0.1) is 6.92 Å². The van der Waals surface area contributed by atoms with Crippen LogP contribution in [-0.2, 0) is 11.3 Å². The van der Waals surface area contributed by atoms with Crippen LogP contribution in [0.1, 0.15) is 28.6 Å². The van der Waals surface area contributed by atoms with Gasteiger partial charge in [0.05, 0.1) is 11.1 Å². The Labute approximate surface area is 148 Å². The minimum atomic E-state index is -0.384. The molecular weight excluding hydrogens is 372 g/mol. The molecule has 0 bridgehead atoms. The first kappa shape index (κ1) is 16.6. The maximum atomic E-state index is 12.2.